The molecule has 1 aromatic carbocycles. The van der Waals surface area contributed by atoms with Crippen LogP contribution < -0.4 is 0 Å². The van der Waals surface area contributed by atoms with Crippen LogP contribution in [0.5, 0.6) is 0 Å². The van der Waals surface area contributed by atoms with Crippen molar-refractivity contribution < 1.29 is 4.21 Å². The Morgan fingerprint density at radius 3 is 2.73 bits per heavy atom. The lowest BCUT2D eigenvalue weighted by atomic mass is 9.92. The molecule has 0 saturated heterocycles. The molecule has 0 heterocycles. The minimum Gasteiger partial charge on any atom is -0.245 e. The monoisotopic (exact) mass is 223 g/mol. The van der Waals surface area contributed by atoms with Crippen LogP contribution in [-0.2, 0) is 22.6 Å². The zero-order valence-corrected chi connectivity index (χ0v) is 10.1. The highest BCUT2D eigenvalue weighted by Crippen LogP contribution is 2.27. The molecule has 15 heavy (non-hydrogen) atoms. The topological polar surface area (TPSA) is 29.4 Å². The Morgan fingerprint density at radius 2 is 2.00 bits per heavy atom. The highest BCUT2D eigenvalue weighted by molar-refractivity contribution is 7.93. The Kier molecular flexibility index (Phi) is 2.83. The smallest absolute Gasteiger partial charge is 0.0723 e. The standard InChI is InChI=1S/C12H17NOS/c1-13-15(2,14)12-9-5-7-10-6-3-4-8-11(10)12/h5,7,9H,3-4,6,8H2,1-2H3/t15-/m1/s1. The Balaban J connectivity index is 2.63. The summed E-state index contributed by atoms with van der Waals surface area (Å²) in [4.78, 5) is 0.960. The van der Waals surface area contributed by atoms with Crippen molar-refractivity contribution in [1.82, 2.24) is 0 Å². The summed E-state index contributed by atoms with van der Waals surface area (Å²) in [6, 6.07) is 6.14. The average Bonchev–Trinajstić information content (AvgIpc) is 2.28. The molecule has 0 saturated carbocycles. The quantitative estimate of drug-likeness (QED) is 0.719. The Morgan fingerprint density at radius 1 is 1.27 bits per heavy atom. The van der Waals surface area contributed by atoms with E-state index in [4.69, 9.17) is 0 Å². The van der Waals surface area contributed by atoms with Gasteiger partial charge in [-0.1, -0.05) is 12.1 Å². The maximum Gasteiger partial charge on any atom is 0.0723 e. The molecule has 3 heteroatoms. The summed E-state index contributed by atoms with van der Waals surface area (Å²) in [7, 11) is -0.521. The van der Waals surface area contributed by atoms with E-state index < -0.39 is 9.73 Å². The van der Waals surface area contributed by atoms with Crippen LogP contribution >= 0.6 is 0 Å². The predicted octanol–water partition coefficient (Wildman–Crippen LogP) is 2.65. The Labute approximate surface area is 91.9 Å². The molecule has 0 bridgehead atoms. The first-order chi connectivity index (χ1) is 7.15. The van der Waals surface area contributed by atoms with E-state index in [9.17, 15) is 4.21 Å². The van der Waals surface area contributed by atoms with Crippen molar-refractivity contribution in [3.05, 3.63) is 29.3 Å². The van der Waals surface area contributed by atoms with Crippen molar-refractivity contribution in [2.45, 2.75) is 30.6 Å². The SMILES string of the molecule is CN=[S@](C)(=O)c1cccc2c1CCCC2. The lowest BCUT2D eigenvalue weighted by molar-refractivity contribution is 0.661. The third-order valence-corrected chi connectivity index (χ3v) is 5.00. The molecule has 1 atom stereocenters. The van der Waals surface area contributed by atoms with Gasteiger partial charge in [0, 0.05) is 13.3 Å². The minimum absolute atomic E-state index is 0.960. The van der Waals surface area contributed by atoms with Crippen LogP contribution in [0.4, 0.5) is 0 Å². The molecule has 0 aromatic heterocycles. The van der Waals surface area contributed by atoms with E-state index in [1.807, 2.05) is 12.1 Å². The van der Waals surface area contributed by atoms with E-state index in [0.717, 1.165) is 17.7 Å². The van der Waals surface area contributed by atoms with Gasteiger partial charge < -0.3 is 0 Å². The molecule has 2 nitrogen and oxygen atoms in total. The number of nitrogens with zero attached hydrogens (tertiary/aromatic N) is 1. The number of rotatable bonds is 1. The molecule has 0 fully saturated rings. The normalized spacial score (nSPS) is 19.1. The molecular weight excluding hydrogens is 206 g/mol. The van der Waals surface area contributed by atoms with E-state index in [1.165, 1.54) is 24.0 Å². The van der Waals surface area contributed by atoms with E-state index in [1.54, 1.807) is 13.3 Å². The molecule has 1 aromatic rings. The first-order valence-electron chi connectivity index (χ1n) is 5.36. The summed E-state index contributed by atoms with van der Waals surface area (Å²) in [6.07, 6.45) is 6.39. The zero-order chi connectivity index (χ0) is 10.9. The first-order valence-corrected chi connectivity index (χ1v) is 7.28. The van der Waals surface area contributed by atoms with Crippen LogP contribution in [-0.4, -0.2) is 17.5 Å². The zero-order valence-electron chi connectivity index (χ0n) is 9.32. The van der Waals surface area contributed by atoms with E-state index in [2.05, 4.69) is 10.4 Å². The highest BCUT2D eigenvalue weighted by atomic mass is 32.2. The highest BCUT2D eigenvalue weighted by Gasteiger charge is 2.17. The molecule has 0 amide bonds. The van der Waals surface area contributed by atoms with Crippen LogP contribution in [0.2, 0.25) is 0 Å². The van der Waals surface area contributed by atoms with Crippen molar-refractivity contribution in [3.8, 4) is 0 Å². The lowest BCUT2D eigenvalue weighted by Crippen LogP contribution is -2.09. The minimum atomic E-state index is -2.16. The average molecular weight is 223 g/mol. The number of aryl methyl sites for hydroxylation is 1. The predicted molar refractivity (Wildman–Crippen MR) is 63.8 cm³/mol. The fraction of sp³-hybridized carbons (Fsp3) is 0.500. The summed E-state index contributed by atoms with van der Waals surface area (Å²) >= 11 is 0. The third-order valence-electron chi connectivity index (χ3n) is 3.11. The molecule has 0 aliphatic heterocycles. The third kappa shape index (κ3) is 1.93. The van der Waals surface area contributed by atoms with Crippen LogP contribution in [0.25, 0.3) is 0 Å². The van der Waals surface area contributed by atoms with Gasteiger partial charge in [-0.25, -0.2) is 8.57 Å². The molecular formula is C12H17NOS. The maximum atomic E-state index is 12.3. The van der Waals surface area contributed by atoms with Crippen LogP contribution in [0.15, 0.2) is 27.5 Å². The van der Waals surface area contributed by atoms with Gasteiger partial charge in [-0.05, 0) is 42.9 Å². The first kappa shape index (κ1) is 10.7. The van der Waals surface area contributed by atoms with Gasteiger partial charge in [0.25, 0.3) is 0 Å². The second-order valence-electron chi connectivity index (χ2n) is 4.09. The second-order valence-corrected chi connectivity index (χ2v) is 6.50. The van der Waals surface area contributed by atoms with Crippen LogP contribution in [0, 0.1) is 0 Å². The summed E-state index contributed by atoms with van der Waals surface area (Å²) in [5.41, 5.74) is 2.67. The number of hydrogen-bond donors (Lipinski definition) is 0. The molecule has 2 rings (SSSR count). The van der Waals surface area contributed by atoms with Crippen molar-refractivity contribution in [3.63, 3.8) is 0 Å². The molecule has 1 aliphatic carbocycles. The molecule has 82 valence electrons. The van der Waals surface area contributed by atoms with Gasteiger partial charge in [0.05, 0.1) is 14.6 Å². The molecule has 0 spiro atoms. The number of hydrogen-bond acceptors (Lipinski definition) is 2. The largest absolute Gasteiger partial charge is 0.245 e. The summed E-state index contributed by atoms with van der Waals surface area (Å²) < 4.78 is 16.3. The van der Waals surface area contributed by atoms with Gasteiger partial charge in [-0.2, -0.15) is 0 Å². The van der Waals surface area contributed by atoms with E-state index in [0.29, 0.717) is 0 Å². The van der Waals surface area contributed by atoms with Gasteiger partial charge in [-0.15, -0.1) is 0 Å². The Bertz CT molecular complexity index is 484. The summed E-state index contributed by atoms with van der Waals surface area (Å²) in [5.74, 6) is 0. The second kappa shape index (κ2) is 3.97. The van der Waals surface area contributed by atoms with Crippen LogP contribution in [0.3, 0.4) is 0 Å². The summed E-state index contributed by atoms with van der Waals surface area (Å²) in [5, 5.41) is 0. The van der Waals surface area contributed by atoms with Crippen LogP contribution in [0.1, 0.15) is 24.0 Å². The van der Waals surface area contributed by atoms with E-state index >= 15 is 0 Å². The van der Waals surface area contributed by atoms with Gasteiger partial charge >= 0.3 is 0 Å². The van der Waals surface area contributed by atoms with Gasteiger partial charge in [0.2, 0.25) is 0 Å². The van der Waals surface area contributed by atoms with Gasteiger partial charge in [0.1, 0.15) is 0 Å². The Hall–Kier alpha value is -0.830. The van der Waals surface area contributed by atoms with Crippen molar-refractivity contribution in [1.29, 1.82) is 0 Å². The number of fused-ring (bicyclic) bond motifs is 1. The fourth-order valence-corrected chi connectivity index (χ4v) is 3.42. The maximum absolute atomic E-state index is 12.3. The number of benzene rings is 1. The van der Waals surface area contributed by atoms with Gasteiger partial charge in [0.15, 0.2) is 0 Å². The molecule has 0 unspecified atom stereocenters. The molecule has 0 radical (unpaired) electrons. The van der Waals surface area contributed by atoms with E-state index in [-0.39, 0.29) is 0 Å². The van der Waals surface area contributed by atoms with Crippen molar-refractivity contribution in [2.24, 2.45) is 4.36 Å². The molecule has 1 aliphatic rings. The fourth-order valence-electron chi connectivity index (χ4n) is 2.20. The van der Waals surface area contributed by atoms with Crippen molar-refractivity contribution in [2.75, 3.05) is 13.3 Å². The summed E-state index contributed by atoms with van der Waals surface area (Å²) in [6.45, 7) is 0. The van der Waals surface area contributed by atoms with Crippen molar-refractivity contribution >= 4 is 9.73 Å². The molecule has 0 N–H and O–H groups in total. The lowest BCUT2D eigenvalue weighted by Gasteiger charge is -2.19. The van der Waals surface area contributed by atoms with Gasteiger partial charge in [-0.3, -0.25) is 0 Å².